The number of hydrogen-bond donors (Lipinski definition) is 0. The van der Waals surface area contributed by atoms with Gasteiger partial charge in [0.1, 0.15) is 5.75 Å². The van der Waals surface area contributed by atoms with Crippen LogP contribution < -0.4 is 14.2 Å². The summed E-state index contributed by atoms with van der Waals surface area (Å²) in [5, 5.41) is 0. The van der Waals surface area contributed by atoms with Crippen LogP contribution in [-0.2, 0) is 0 Å². The largest absolute Gasteiger partial charge is 0.497 e. The lowest BCUT2D eigenvalue weighted by Crippen LogP contribution is -2.05. The van der Waals surface area contributed by atoms with E-state index in [9.17, 15) is 9.59 Å². The predicted octanol–water partition coefficient (Wildman–Crippen LogP) is 3.27. The van der Waals surface area contributed by atoms with Crippen molar-refractivity contribution in [3.63, 3.8) is 0 Å². The second-order valence-electron chi connectivity index (χ2n) is 5.14. The zero-order valence-corrected chi connectivity index (χ0v) is 12.7. The van der Waals surface area contributed by atoms with Crippen LogP contribution in [0.1, 0.15) is 33.6 Å². The van der Waals surface area contributed by atoms with Crippen molar-refractivity contribution in [2.75, 3.05) is 13.9 Å². The molecule has 1 aliphatic rings. The van der Waals surface area contributed by atoms with Crippen LogP contribution in [0.3, 0.4) is 0 Å². The molecule has 0 saturated heterocycles. The summed E-state index contributed by atoms with van der Waals surface area (Å²) < 4.78 is 15.5. The molecule has 118 valence electrons. The molecule has 0 saturated carbocycles. The Morgan fingerprint density at radius 2 is 1.52 bits per heavy atom. The summed E-state index contributed by atoms with van der Waals surface area (Å²) in [7, 11) is 1.57. The third-order valence-corrected chi connectivity index (χ3v) is 3.69. The van der Waals surface area contributed by atoms with Gasteiger partial charge in [-0.3, -0.25) is 9.59 Å². The van der Waals surface area contributed by atoms with Crippen molar-refractivity contribution < 1.29 is 23.8 Å². The summed E-state index contributed by atoms with van der Waals surface area (Å²) in [5.74, 6) is 1.73. The number of methoxy groups -OCH3 is 1. The summed E-state index contributed by atoms with van der Waals surface area (Å²) in [6.07, 6.45) is 0.324. The minimum absolute atomic E-state index is 0.0678. The quantitative estimate of drug-likeness (QED) is 0.766. The summed E-state index contributed by atoms with van der Waals surface area (Å²) in [5.41, 5.74) is 1.10. The van der Waals surface area contributed by atoms with Crippen molar-refractivity contribution in [3.8, 4) is 17.2 Å². The van der Waals surface area contributed by atoms with Crippen LogP contribution in [0.15, 0.2) is 42.5 Å². The minimum Gasteiger partial charge on any atom is -0.497 e. The van der Waals surface area contributed by atoms with E-state index < -0.39 is 0 Å². The Bertz CT molecular complexity index is 734. The van der Waals surface area contributed by atoms with Crippen LogP contribution in [0.25, 0.3) is 0 Å². The average molecular weight is 312 g/mol. The molecule has 0 radical (unpaired) electrons. The summed E-state index contributed by atoms with van der Waals surface area (Å²) in [6.45, 7) is 0.170. The highest BCUT2D eigenvalue weighted by Crippen LogP contribution is 2.32. The van der Waals surface area contributed by atoms with Gasteiger partial charge in [0.25, 0.3) is 0 Å². The fraction of sp³-hybridized carbons (Fsp3) is 0.222. The van der Waals surface area contributed by atoms with Gasteiger partial charge in [-0.15, -0.1) is 0 Å². The number of fused-ring (bicyclic) bond motifs is 1. The van der Waals surface area contributed by atoms with E-state index in [1.54, 1.807) is 49.6 Å². The Hall–Kier alpha value is -2.82. The number of carbonyl (C=O) groups is 2. The summed E-state index contributed by atoms with van der Waals surface area (Å²) in [6, 6.07) is 11.9. The van der Waals surface area contributed by atoms with Gasteiger partial charge in [-0.25, -0.2) is 0 Å². The van der Waals surface area contributed by atoms with Crippen molar-refractivity contribution in [3.05, 3.63) is 53.6 Å². The number of Topliss-reactive ketones (excluding diaryl/α,β-unsaturated/α-hetero) is 2. The van der Waals surface area contributed by atoms with E-state index in [1.165, 1.54) is 0 Å². The molecule has 5 nitrogen and oxygen atoms in total. The van der Waals surface area contributed by atoms with Gasteiger partial charge in [-0.1, -0.05) is 0 Å². The molecule has 0 fully saturated rings. The maximum absolute atomic E-state index is 12.2. The van der Waals surface area contributed by atoms with Crippen LogP contribution in [0.5, 0.6) is 17.2 Å². The van der Waals surface area contributed by atoms with Gasteiger partial charge < -0.3 is 14.2 Å². The molecule has 0 atom stereocenters. The van der Waals surface area contributed by atoms with Crippen LogP contribution in [0.2, 0.25) is 0 Å². The fourth-order valence-electron chi connectivity index (χ4n) is 2.36. The number of carbonyl (C=O) groups excluding carboxylic acids is 2. The Morgan fingerprint density at radius 1 is 0.913 bits per heavy atom. The summed E-state index contributed by atoms with van der Waals surface area (Å²) >= 11 is 0. The van der Waals surface area contributed by atoms with Gasteiger partial charge in [-0.05, 0) is 42.5 Å². The highest BCUT2D eigenvalue weighted by atomic mass is 16.7. The second-order valence-corrected chi connectivity index (χ2v) is 5.14. The standard InChI is InChI=1S/C18H16O5/c1-21-14-5-2-12(3-6-14)15(19)7-8-16(20)13-4-9-17-18(10-13)23-11-22-17/h2-6,9-10H,7-8,11H2,1H3. The molecular formula is C18H16O5. The van der Waals surface area contributed by atoms with Crippen LogP contribution in [0.4, 0.5) is 0 Å². The van der Waals surface area contributed by atoms with Gasteiger partial charge in [0.05, 0.1) is 7.11 Å². The van der Waals surface area contributed by atoms with Gasteiger partial charge in [-0.2, -0.15) is 0 Å². The molecule has 0 bridgehead atoms. The lowest BCUT2D eigenvalue weighted by molar-refractivity contribution is 0.0917. The molecule has 1 heterocycles. The average Bonchev–Trinajstić information content (AvgIpc) is 3.07. The zero-order chi connectivity index (χ0) is 16.2. The first-order valence-corrected chi connectivity index (χ1v) is 7.27. The number of rotatable bonds is 6. The van der Waals surface area contributed by atoms with Crippen LogP contribution in [0, 0.1) is 0 Å². The molecule has 1 aliphatic heterocycles. The smallest absolute Gasteiger partial charge is 0.231 e. The molecule has 5 heteroatoms. The molecule has 2 aromatic carbocycles. The topological polar surface area (TPSA) is 61.8 Å². The molecule has 0 aliphatic carbocycles. The van der Waals surface area contributed by atoms with Crippen molar-refractivity contribution in [1.82, 2.24) is 0 Å². The zero-order valence-electron chi connectivity index (χ0n) is 12.7. The number of hydrogen-bond acceptors (Lipinski definition) is 5. The highest BCUT2D eigenvalue weighted by Gasteiger charge is 2.17. The molecule has 0 aromatic heterocycles. The van der Waals surface area contributed by atoms with E-state index in [0.29, 0.717) is 28.4 Å². The molecule has 0 unspecified atom stereocenters. The monoisotopic (exact) mass is 312 g/mol. The van der Waals surface area contributed by atoms with E-state index in [-0.39, 0.29) is 31.2 Å². The van der Waals surface area contributed by atoms with E-state index in [1.807, 2.05) is 0 Å². The lowest BCUT2D eigenvalue weighted by atomic mass is 10.0. The number of ketones is 2. The minimum atomic E-state index is -0.0924. The molecule has 0 spiro atoms. The Balaban J connectivity index is 1.60. The molecule has 0 N–H and O–H groups in total. The first kappa shape index (κ1) is 15.1. The maximum Gasteiger partial charge on any atom is 0.231 e. The maximum atomic E-state index is 12.2. The van der Waals surface area contributed by atoms with Gasteiger partial charge >= 0.3 is 0 Å². The molecule has 2 aromatic rings. The van der Waals surface area contributed by atoms with Crippen molar-refractivity contribution in [2.24, 2.45) is 0 Å². The molecule has 0 amide bonds. The lowest BCUT2D eigenvalue weighted by Gasteiger charge is -2.04. The van der Waals surface area contributed by atoms with E-state index >= 15 is 0 Å². The van der Waals surface area contributed by atoms with E-state index in [4.69, 9.17) is 14.2 Å². The molecule has 23 heavy (non-hydrogen) atoms. The normalized spacial score (nSPS) is 12.0. The third-order valence-electron chi connectivity index (χ3n) is 3.69. The third kappa shape index (κ3) is 3.34. The molecular weight excluding hydrogens is 296 g/mol. The molecule has 3 rings (SSSR count). The summed E-state index contributed by atoms with van der Waals surface area (Å²) in [4.78, 5) is 24.3. The SMILES string of the molecule is COc1ccc(C(=O)CCC(=O)c2ccc3c(c2)OCO3)cc1. The van der Waals surface area contributed by atoms with Gasteiger partial charge in [0.2, 0.25) is 6.79 Å². The Morgan fingerprint density at radius 3 is 2.22 bits per heavy atom. The Kier molecular flexibility index (Phi) is 4.28. The number of benzene rings is 2. The van der Waals surface area contributed by atoms with Crippen molar-refractivity contribution in [1.29, 1.82) is 0 Å². The van der Waals surface area contributed by atoms with E-state index in [0.717, 1.165) is 0 Å². The van der Waals surface area contributed by atoms with Gasteiger partial charge in [0, 0.05) is 24.0 Å². The highest BCUT2D eigenvalue weighted by molar-refractivity contribution is 6.02. The predicted molar refractivity (Wildman–Crippen MR) is 83.5 cm³/mol. The first-order chi connectivity index (χ1) is 11.2. The Labute approximate surface area is 133 Å². The van der Waals surface area contributed by atoms with Crippen LogP contribution >= 0.6 is 0 Å². The van der Waals surface area contributed by atoms with Gasteiger partial charge in [0.15, 0.2) is 23.1 Å². The van der Waals surface area contributed by atoms with Crippen LogP contribution in [-0.4, -0.2) is 25.5 Å². The van der Waals surface area contributed by atoms with Crippen molar-refractivity contribution >= 4 is 11.6 Å². The second kappa shape index (κ2) is 6.52. The van der Waals surface area contributed by atoms with E-state index in [2.05, 4.69) is 0 Å². The number of ether oxygens (including phenoxy) is 3. The van der Waals surface area contributed by atoms with Crippen molar-refractivity contribution in [2.45, 2.75) is 12.8 Å². The fourth-order valence-corrected chi connectivity index (χ4v) is 2.36. The first-order valence-electron chi connectivity index (χ1n) is 7.27.